The maximum absolute atomic E-state index is 12.5. The van der Waals surface area contributed by atoms with Crippen LogP contribution in [0.3, 0.4) is 0 Å². The maximum Gasteiger partial charge on any atom is 0.276 e. The molecule has 35 heavy (non-hydrogen) atoms. The average molecular weight is 514 g/mol. The van der Waals surface area contributed by atoms with E-state index < -0.39 is 25.9 Å². The fourth-order valence-electron chi connectivity index (χ4n) is 2.70. The topological polar surface area (TPSA) is 165 Å². The van der Waals surface area contributed by atoms with Crippen molar-refractivity contribution >= 4 is 44.2 Å². The van der Waals surface area contributed by atoms with Crippen molar-refractivity contribution in [2.75, 3.05) is 5.32 Å². The molecule has 3 rings (SSSR count). The molecule has 0 atom stereocenters. The third-order valence-corrected chi connectivity index (χ3v) is 7.32. The summed E-state index contributed by atoms with van der Waals surface area (Å²) >= 11 is 0.697. The Hall–Kier alpha value is -4.15. The van der Waals surface area contributed by atoms with Gasteiger partial charge >= 0.3 is 0 Å². The lowest BCUT2D eigenvalue weighted by Gasteiger charge is -2.07. The average Bonchev–Trinajstić information content (AvgIpc) is 3.31. The maximum atomic E-state index is 12.5. The van der Waals surface area contributed by atoms with Crippen molar-refractivity contribution in [3.05, 3.63) is 75.3 Å². The van der Waals surface area contributed by atoms with Gasteiger partial charge in [0.25, 0.3) is 16.8 Å². The summed E-state index contributed by atoms with van der Waals surface area (Å²) in [6, 6.07) is 14.5. The Labute approximate surface area is 204 Å². The first-order chi connectivity index (χ1) is 16.6. The number of rotatable bonds is 9. The van der Waals surface area contributed by atoms with E-state index in [1.54, 1.807) is 48.5 Å². The normalized spacial score (nSPS) is 11.7. The number of benzene rings is 2. The largest absolute Gasteiger partial charge is 0.489 e. The monoisotopic (exact) mass is 513 g/mol. The fraction of sp³-hybridized carbons (Fsp3) is 0.182. The number of carbonyl (C=O) groups is 1. The van der Waals surface area contributed by atoms with Crippen LogP contribution in [0.15, 0.2) is 59.3 Å². The van der Waals surface area contributed by atoms with Gasteiger partial charge in [0.2, 0.25) is 15.0 Å². The summed E-state index contributed by atoms with van der Waals surface area (Å²) in [5, 5.41) is 21.7. The van der Waals surface area contributed by atoms with E-state index in [1.807, 2.05) is 0 Å². The van der Waals surface area contributed by atoms with Crippen molar-refractivity contribution in [3.8, 4) is 11.8 Å². The number of nitriles is 1. The van der Waals surface area contributed by atoms with Gasteiger partial charge in [-0.3, -0.25) is 20.2 Å². The predicted octanol–water partition coefficient (Wildman–Crippen LogP) is 3.75. The van der Waals surface area contributed by atoms with Crippen molar-refractivity contribution in [2.24, 2.45) is 0 Å². The van der Waals surface area contributed by atoms with Crippen molar-refractivity contribution in [1.29, 1.82) is 5.26 Å². The van der Waals surface area contributed by atoms with Crippen LogP contribution in [0.5, 0.6) is 5.75 Å². The van der Waals surface area contributed by atoms with Gasteiger partial charge in [0, 0.05) is 17.6 Å². The zero-order valence-corrected chi connectivity index (χ0v) is 20.2. The molecule has 0 bridgehead atoms. The highest BCUT2D eigenvalue weighted by atomic mass is 32.2. The molecule has 0 saturated heterocycles. The summed E-state index contributed by atoms with van der Waals surface area (Å²) in [4.78, 5) is 26.9. The van der Waals surface area contributed by atoms with E-state index in [0.717, 1.165) is 0 Å². The number of hydrogen-bond acceptors (Lipinski definition) is 10. The molecule has 0 spiro atoms. The van der Waals surface area contributed by atoms with E-state index in [0.29, 0.717) is 28.4 Å². The molecule has 3 aromatic rings. The van der Waals surface area contributed by atoms with Gasteiger partial charge in [0.15, 0.2) is 0 Å². The first kappa shape index (κ1) is 25.5. The Balaban J connectivity index is 1.67. The standard InChI is InChI=1S/C22H19N5O6S2/c1-14(2)35(31,32)22-25-21(34-26-22)24-20(28)17(12-23)11-15-7-9-18(10-8-15)33-13-16-5-3-4-6-19(16)27(29)30/h3-11,14H,13H2,1-2H3,(H,24,25,26,28). The van der Waals surface area contributed by atoms with E-state index in [1.165, 1.54) is 26.0 Å². The molecule has 0 radical (unpaired) electrons. The molecular formula is C22H19N5O6S2. The first-order valence-electron chi connectivity index (χ1n) is 10.1. The van der Waals surface area contributed by atoms with Gasteiger partial charge in [-0.1, -0.05) is 24.3 Å². The quantitative estimate of drug-likeness (QED) is 0.194. The summed E-state index contributed by atoms with van der Waals surface area (Å²) < 4.78 is 33.6. The van der Waals surface area contributed by atoms with Gasteiger partial charge in [-0.05, 0) is 43.7 Å². The minimum absolute atomic E-state index is 0.00540. The van der Waals surface area contributed by atoms with E-state index in [2.05, 4.69) is 14.7 Å². The van der Waals surface area contributed by atoms with Gasteiger partial charge in [-0.25, -0.2) is 8.42 Å². The third-order valence-electron chi connectivity index (χ3n) is 4.64. The van der Waals surface area contributed by atoms with Crippen LogP contribution in [-0.2, 0) is 21.2 Å². The van der Waals surface area contributed by atoms with Crippen LogP contribution in [0.2, 0.25) is 0 Å². The number of nitro groups is 1. The number of anilines is 1. The summed E-state index contributed by atoms with van der Waals surface area (Å²) in [7, 11) is -3.69. The molecule has 0 unspecified atom stereocenters. The molecule has 1 N–H and O–H groups in total. The lowest BCUT2D eigenvalue weighted by Crippen LogP contribution is -2.16. The molecule has 0 aliphatic heterocycles. The van der Waals surface area contributed by atoms with Crippen molar-refractivity contribution in [1.82, 2.24) is 9.36 Å². The first-order valence-corrected chi connectivity index (χ1v) is 12.4. The number of ether oxygens (including phenoxy) is 1. The fourth-order valence-corrected chi connectivity index (χ4v) is 4.40. The van der Waals surface area contributed by atoms with E-state index in [9.17, 15) is 28.6 Å². The van der Waals surface area contributed by atoms with Crippen molar-refractivity contribution < 1.29 is 22.9 Å². The second-order valence-electron chi connectivity index (χ2n) is 7.34. The van der Waals surface area contributed by atoms with Crippen LogP contribution in [0.25, 0.3) is 6.08 Å². The Kier molecular flexibility index (Phi) is 7.90. The minimum atomic E-state index is -3.69. The van der Waals surface area contributed by atoms with Gasteiger partial charge in [0.1, 0.15) is 24.0 Å². The van der Waals surface area contributed by atoms with E-state index >= 15 is 0 Å². The molecule has 0 saturated carbocycles. The molecule has 1 amide bonds. The second kappa shape index (κ2) is 10.9. The lowest BCUT2D eigenvalue weighted by molar-refractivity contribution is -0.385. The van der Waals surface area contributed by atoms with Crippen LogP contribution < -0.4 is 10.1 Å². The van der Waals surface area contributed by atoms with Crippen molar-refractivity contribution in [2.45, 2.75) is 30.9 Å². The zero-order chi connectivity index (χ0) is 25.6. The van der Waals surface area contributed by atoms with Crippen LogP contribution in [0.4, 0.5) is 10.8 Å². The van der Waals surface area contributed by atoms with E-state index in [-0.39, 0.29) is 28.2 Å². The van der Waals surface area contributed by atoms with Crippen LogP contribution in [-0.4, -0.2) is 33.9 Å². The Morgan fingerprint density at radius 2 is 1.94 bits per heavy atom. The molecule has 2 aromatic carbocycles. The third kappa shape index (κ3) is 6.25. The molecule has 0 aliphatic carbocycles. The highest BCUT2D eigenvalue weighted by Crippen LogP contribution is 2.22. The minimum Gasteiger partial charge on any atom is -0.489 e. The van der Waals surface area contributed by atoms with Crippen LogP contribution in [0, 0.1) is 21.4 Å². The summed E-state index contributed by atoms with van der Waals surface area (Å²) in [6.07, 6.45) is 1.34. The number of carbonyl (C=O) groups excluding carboxylic acids is 1. The molecule has 13 heteroatoms. The molecule has 180 valence electrons. The summed E-state index contributed by atoms with van der Waals surface area (Å²) in [5.74, 6) is -0.329. The second-order valence-corrected chi connectivity index (χ2v) is 10.5. The molecular weight excluding hydrogens is 494 g/mol. The highest BCUT2D eigenvalue weighted by molar-refractivity contribution is 7.91. The number of nitrogens with one attached hydrogen (secondary N) is 1. The Morgan fingerprint density at radius 3 is 2.57 bits per heavy atom. The van der Waals surface area contributed by atoms with Gasteiger partial charge in [-0.2, -0.15) is 14.6 Å². The Bertz CT molecular complexity index is 1420. The van der Waals surface area contributed by atoms with Gasteiger partial charge < -0.3 is 4.74 Å². The van der Waals surface area contributed by atoms with Gasteiger partial charge in [-0.15, -0.1) is 0 Å². The summed E-state index contributed by atoms with van der Waals surface area (Å²) in [6.45, 7) is 2.98. The summed E-state index contributed by atoms with van der Waals surface area (Å²) in [5.41, 5.74) is 0.671. The lowest BCUT2D eigenvalue weighted by atomic mass is 10.1. The number of aromatic nitrogens is 2. The highest BCUT2D eigenvalue weighted by Gasteiger charge is 2.25. The van der Waals surface area contributed by atoms with E-state index in [4.69, 9.17) is 4.74 Å². The number of amides is 1. The number of nitro benzene ring substituents is 1. The number of nitrogens with zero attached hydrogens (tertiary/aromatic N) is 4. The SMILES string of the molecule is CC(C)S(=O)(=O)c1nsc(NC(=O)C(C#N)=Cc2ccc(OCc3ccccc3[N+](=O)[O-])cc2)n1. The van der Waals surface area contributed by atoms with Crippen molar-refractivity contribution in [3.63, 3.8) is 0 Å². The number of hydrogen-bond donors (Lipinski definition) is 1. The smallest absolute Gasteiger partial charge is 0.276 e. The predicted molar refractivity (Wildman–Crippen MR) is 128 cm³/mol. The van der Waals surface area contributed by atoms with Crippen LogP contribution in [0.1, 0.15) is 25.0 Å². The number of para-hydroxylation sites is 1. The molecule has 1 heterocycles. The van der Waals surface area contributed by atoms with Gasteiger partial charge in [0.05, 0.1) is 15.7 Å². The Morgan fingerprint density at radius 1 is 1.26 bits per heavy atom. The molecule has 1 aromatic heterocycles. The number of sulfone groups is 1. The zero-order valence-electron chi connectivity index (χ0n) is 18.5. The molecule has 0 fully saturated rings. The molecule has 11 nitrogen and oxygen atoms in total. The molecule has 0 aliphatic rings. The van der Waals surface area contributed by atoms with Crippen LogP contribution >= 0.6 is 11.5 Å².